The molecule has 136 valence electrons. The molecule has 1 fully saturated rings. The van der Waals surface area contributed by atoms with Gasteiger partial charge in [-0.1, -0.05) is 42.5 Å². The number of hydrogen-bond acceptors (Lipinski definition) is 5. The van der Waals surface area contributed by atoms with Gasteiger partial charge in [0.2, 0.25) is 0 Å². The maximum absolute atomic E-state index is 12.3. The molecule has 7 heteroatoms. The number of nitrogens with one attached hydrogen (secondary N) is 4. The molecule has 2 aromatic carbocycles. The predicted molar refractivity (Wildman–Crippen MR) is 97.1 cm³/mol. The van der Waals surface area contributed by atoms with Crippen molar-refractivity contribution in [1.82, 2.24) is 21.7 Å². The summed E-state index contributed by atoms with van der Waals surface area (Å²) in [6.45, 7) is 2.30. The highest BCUT2D eigenvalue weighted by Crippen LogP contribution is 2.21. The van der Waals surface area contributed by atoms with Crippen LogP contribution in [0.4, 0.5) is 0 Å². The highest BCUT2D eigenvalue weighted by molar-refractivity contribution is 5.98. The standard InChI is InChI=1S/C19H22N4O3/c1-2-26-17-11-7-6-10-14(17)18(24)22-23-19(25)16-12-15(20-21-16)13-8-4-3-5-9-13/h3-11,15-16,20-21H,2,12H2,1H3,(H,22,24)(H,23,25). The Labute approximate surface area is 152 Å². The SMILES string of the molecule is CCOc1ccccc1C(=O)NNC(=O)C1CC(c2ccccc2)NN1. The molecular formula is C19H22N4O3. The van der Waals surface area contributed by atoms with Crippen LogP contribution in [0, 0.1) is 0 Å². The molecule has 0 aliphatic carbocycles. The van der Waals surface area contributed by atoms with Crippen molar-refractivity contribution in [2.75, 3.05) is 6.61 Å². The average Bonchev–Trinajstić information content (AvgIpc) is 3.17. The third-order valence-electron chi connectivity index (χ3n) is 4.15. The summed E-state index contributed by atoms with van der Waals surface area (Å²) >= 11 is 0. The van der Waals surface area contributed by atoms with Crippen LogP contribution in [0.2, 0.25) is 0 Å². The van der Waals surface area contributed by atoms with Gasteiger partial charge < -0.3 is 4.74 Å². The van der Waals surface area contributed by atoms with Crippen molar-refractivity contribution in [3.8, 4) is 5.75 Å². The van der Waals surface area contributed by atoms with E-state index >= 15 is 0 Å². The first-order chi connectivity index (χ1) is 12.7. The molecule has 1 saturated heterocycles. The van der Waals surface area contributed by atoms with Crippen molar-refractivity contribution in [1.29, 1.82) is 0 Å². The molecule has 1 aliphatic rings. The van der Waals surface area contributed by atoms with Crippen molar-refractivity contribution in [2.24, 2.45) is 0 Å². The summed E-state index contributed by atoms with van der Waals surface area (Å²) in [5, 5.41) is 0. The van der Waals surface area contributed by atoms with E-state index in [2.05, 4.69) is 21.7 Å². The van der Waals surface area contributed by atoms with Crippen molar-refractivity contribution in [3.05, 3.63) is 65.7 Å². The summed E-state index contributed by atoms with van der Waals surface area (Å²) in [5.74, 6) is -0.252. The number of rotatable bonds is 5. The number of para-hydroxylation sites is 1. The maximum Gasteiger partial charge on any atom is 0.273 e. The molecule has 3 rings (SSSR count). The van der Waals surface area contributed by atoms with Gasteiger partial charge in [0, 0.05) is 6.04 Å². The van der Waals surface area contributed by atoms with Crippen LogP contribution in [0.1, 0.15) is 35.3 Å². The predicted octanol–water partition coefficient (Wildman–Crippen LogP) is 1.45. The molecular weight excluding hydrogens is 332 g/mol. The minimum atomic E-state index is -0.442. The number of benzene rings is 2. The molecule has 2 aromatic rings. The van der Waals surface area contributed by atoms with Crippen LogP contribution in [0.5, 0.6) is 5.75 Å². The van der Waals surface area contributed by atoms with Gasteiger partial charge in [0.15, 0.2) is 0 Å². The van der Waals surface area contributed by atoms with Gasteiger partial charge in [-0.05, 0) is 31.0 Å². The highest BCUT2D eigenvalue weighted by Gasteiger charge is 2.30. The van der Waals surface area contributed by atoms with Gasteiger partial charge in [0.05, 0.1) is 12.2 Å². The zero-order valence-corrected chi connectivity index (χ0v) is 14.5. The normalized spacial score (nSPS) is 19.0. The van der Waals surface area contributed by atoms with Crippen LogP contribution >= 0.6 is 0 Å². The summed E-state index contributed by atoms with van der Waals surface area (Å²) in [6.07, 6.45) is 0.585. The van der Waals surface area contributed by atoms with E-state index in [1.165, 1.54) is 0 Å². The number of carbonyl (C=O) groups is 2. The fourth-order valence-corrected chi connectivity index (χ4v) is 2.84. The molecule has 2 unspecified atom stereocenters. The van der Waals surface area contributed by atoms with E-state index in [9.17, 15) is 9.59 Å². The number of hydrazine groups is 2. The zero-order valence-electron chi connectivity index (χ0n) is 14.5. The van der Waals surface area contributed by atoms with Crippen molar-refractivity contribution in [3.63, 3.8) is 0 Å². The lowest BCUT2D eigenvalue weighted by molar-refractivity contribution is -0.123. The van der Waals surface area contributed by atoms with Crippen LogP contribution in [0.25, 0.3) is 0 Å². The first-order valence-corrected chi connectivity index (χ1v) is 8.57. The lowest BCUT2D eigenvalue weighted by atomic mass is 10.0. The fourth-order valence-electron chi connectivity index (χ4n) is 2.84. The van der Waals surface area contributed by atoms with E-state index < -0.39 is 11.9 Å². The molecule has 0 saturated carbocycles. The van der Waals surface area contributed by atoms with Crippen molar-refractivity contribution >= 4 is 11.8 Å². The first kappa shape index (κ1) is 17.9. The van der Waals surface area contributed by atoms with Crippen LogP contribution in [0.15, 0.2) is 54.6 Å². The molecule has 2 atom stereocenters. The Morgan fingerprint density at radius 1 is 1.04 bits per heavy atom. The Morgan fingerprint density at radius 2 is 1.77 bits per heavy atom. The molecule has 7 nitrogen and oxygen atoms in total. The summed E-state index contributed by atoms with van der Waals surface area (Å²) in [7, 11) is 0. The van der Waals surface area contributed by atoms with Gasteiger partial charge in [-0.3, -0.25) is 20.4 Å². The van der Waals surface area contributed by atoms with Gasteiger partial charge in [-0.15, -0.1) is 0 Å². The molecule has 2 amide bonds. The Bertz CT molecular complexity index is 766. The Balaban J connectivity index is 1.54. The second-order valence-corrected chi connectivity index (χ2v) is 5.91. The van der Waals surface area contributed by atoms with Gasteiger partial charge in [0.25, 0.3) is 11.8 Å². The summed E-state index contributed by atoms with van der Waals surface area (Å²) < 4.78 is 5.43. The van der Waals surface area contributed by atoms with Crippen LogP contribution in [0.3, 0.4) is 0 Å². The van der Waals surface area contributed by atoms with E-state index in [1.807, 2.05) is 37.3 Å². The Hall–Kier alpha value is -2.90. The van der Waals surface area contributed by atoms with Crippen LogP contribution in [-0.2, 0) is 4.79 Å². The zero-order chi connectivity index (χ0) is 18.4. The molecule has 0 aromatic heterocycles. The van der Waals surface area contributed by atoms with E-state index in [0.29, 0.717) is 24.3 Å². The largest absolute Gasteiger partial charge is 0.493 e. The number of hydrogen-bond donors (Lipinski definition) is 4. The monoisotopic (exact) mass is 354 g/mol. The molecule has 1 heterocycles. The third kappa shape index (κ3) is 4.19. The minimum absolute atomic E-state index is 0.0429. The van der Waals surface area contributed by atoms with E-state index in [0.717, 1.165) is 5.56 Å². The van der Waals surface area contributed by atoms with Crippen molar-refractivity contribution in [2.45, 2.75) is 25.4 Å². The van der Waals surface area contributed by atoms with Gasteiger partial charge in [-0.25, -0.2) is 10.9 Å². The van der Waals surface area contributed by atoms with E-state index in [1.54, 1.807) is 24.3 Å². The quantitative estimate of drug-likeness (QED) is 0.610. The fraction of sp³-hybridized carbons (Fsp3) is 0.263. The highest BCUT2D eigenvalue weighted by atomic mass is 16.5. The summed E-state index contributed by atoms with van der Waals surface area (Å²) in [5.41, 5.74) is 12.4. The lowest BCUT2D eigenvalue weighted by Gasteiger charge is -2.13. The number of amides is 2. The van der Waals surface area contributed by atoms with E-state index in [-0.39, 0.29) is 11.9 Å². The number of carbonyl (C=O) groups excluding carboxylic acids is 2. The lowest BCUT2D eigenvalue weighted by Crippen LogP contribution is -2.50. The molecule has 26 heavy (non-hydrogen) atoms. The molecule has 0 radical (unpaired) electrons. The second kappa shape index (κ2) is 8.46. The van der Waals surface area contributed by atoms with Crippen molar-refractivity contribution < 1.29 is 14.3 Å². The third-order valence-corrected chi connectivity index (χ3v) is 4.15. The average molecular weight is 354 g/mol. The Morgan fingerprint density at radius 3 is 2.54 bits per heavy atom. The number of ether oxygens (including phenoxy) is 1. The van der Waals surface area contributed by atoms with Gasteiger partial charge >= 0.3 is 0 Å². The van der Waals surface area contributed by atoms with Crippen LogP contribution in [-0.4, -0.2) is 24.5 Å². The smallest absolute Gasteiger partial charge is 0.273 e. The molecule has 0 spiro atoms. The van der Waals surface area contributed by atoms with Gasteiger partial charge in [-0.2, -0.15) is 0 Å². The topological polar surface area (TPSA) is 91.5 Å². The summed E-state index contributed by atoms with van der Waals surface area (Å²) in [6, 6.07) is 16.4. The van der Waals surface area contributed by atoms with Gasteiger partial charge in [0.1, 0.15) is 11.8 Å². The van der Waals surface area contributed by atoms with E-state index in [4.69, 9.17) is 4.74 Å². The Kier molecular flexibility index (Phi) is 5.83. The molecule has 0 bridgehead atoms. The van der Waals surface area contributed by atoms with Crippen LogP contribution < -0.4 is 26.4 Å². The second-order valence-electron chi connectivity index (χ2n) is 5.91. The molecule has 1 aliphatic heterocycles. The first-order valence-electron chi connectivity index (χ1n) is 8.57. The minimum Gasteiger partial charge on any atom is -0.493 e. The molecule has 4 N–H and O–H groups in total. The maximum atomic E-state index is 12.3. The summed E-state index contributed by atoms with van der Waals surface area (Å²) in [4.78, 5) is 24.6.